The number of rotatable bonds is 37. The molecule has 0 heterocycles. The maximum atomic E-state index is 12.6. The van der Waals surface area contributed by atoms with E-state index in [9.17, 15) is 19.0 Å². The lowest BCUT2D eigenvalue weighted by Gasteiger charge is -2.24. The van der Waals surface area contributed by atoms with Crippen LogP contribution in [0.3, 0.4) is 0 Å². The molecule has 0 saturated heterocycles. The molecule has 2 atom stereocenters. The van der Waals surface area contributed by atoms with Crippen molar-refractivity contribution in [2.45, 2.75) is 187 Å². The molecule has 0 amide bonds. The Morgan fingerprint density at radius 2 is 1.02 bits per heavy atom. The second-order valence-corrected chi connectivity index (χ2v) is 16.5. The van der Waals surface area contributed by atoms with Gasteiger partial charge in [-0.1, -0.05) is 142 Å². The van der Waals surface area contributed by atoms with E-state index in [4.69, 9.17) is 18.5 Å². The second kappa shape index (κ2) is 33.6. The smallest absolute Gasteiger partial charge is 0.462 e. The molecule has 0 saturated carbocycles. The van der Waals surface area contributed by atoms with Gasteiger partial charge in [-0.2, -0.15) is 0 Å². The lowest BCUT2D eigenvalue weighted by Crippen LogP contribution is -2.37. The fourth-order valence-electron chi connectivity index (χ4n) is 5.54. The van der Waals surface area contributed by atoms with E-state index >= 15 is 0 Å². The molecule has 1 N–H and O–H groups in total. The van der Waals surface area contributed by atoms with Crippen LogP contribution in [0, 0.1) is 0 Å². The van der Waals surface area contributed by atoms with Crippen molar-refractivity contribution in [3.8, 4) is 0 Å². The largest absolute Gasteiger partial charge is 0.472 e. The summed E-state index contributed by atoms with van der Waals surface area (Å²) < 4.78 is 34.2. The average Bonchev–Trinajstić information content (AvgIpc) is 3.06. The maximum Gasteiger partial charge on any atom is 0.472 e. The van der Waals surface area contributed by atoms with Gasteiger partial charge in [0.05, 0.1) is 27.7 Å². The summed E-state index contributed by atoms with van der Waals surface area (Å²) in [5.41, 5.74) is 0. The standard InChI is InChI=1S/C40H78NO8P/c1-6-8-10-12-14-16-18-19-20-21-23-24-26-28-30-32-39(42)46-36-38(37-48-50(44,45)47-35-34-41(3,4)5)49-40(43)33-31-29-27-25-22-17-15-13-11-9-7-2/h21,23,38H,6-20,22,24-37H2,1-5H3/p+1/b23-21+/t38-/m1/s1. The second-order valence-electron chi connectivity index (χ2n) is 15.0. The van der Waals surface area contributed by atoms with E-state index in [-0.39, 0.29) is 32.0 Å². The van der Waals surface area contributed by atoms with Crippen molar-refractivity contribution in [3.05, 3.63) is 12.2 Å². The van der Waals surface area contributed by atoms with Crippen LogP contribution in [0.25, 0.3) is 0 Å². The van der Waals surface area contributed by atoms with Crippen molar-refractivity contribution >= 4 is 19.8 Å². The van der Waals surface area contributed by atoms with Crippen LogP contribution < -0.4 is 0 Å². The molecule has 0 aromatic heterocycles. The monoisotopic (exact) mass is 733 g/mol. The van der Waals surface area contributed by atoms with Gasteiger partial charge in [0.1, 0.15) is 19.8 Å². The average molecular weight is 733 g/mol. The van der Waals surface area contributed by atoms with Crippen LogP contribution in [-0.2, 0) is 32.7 Å². The molecular formula is C40H79NO8P+. The molecule has 0 aliphatic rings. The molecule has 0 aliphatic carbocycles. The van der Waals surface area contributed by atoms with Crippen LogP contribution in [0.15, 0.2) is 12.2 Å². The molecule has 10 heteroatoms. The maximum absolute atomic E-state index is 12.6. The molecule has 0 aromatic rings. The first kappa shape index (κ1) is 48.8. The molecule has 1 unspecified atom stereocenters. The number of unbranched alkanes of at least 4 members (excludes halogenated alkanes) is 21. The minimum Gasteiger partial charge on any atom is -0.462 e. The number of nitrogens with zero attached hydrogens (tertiary/aromatic N) is 1. The molecule has 296 valence electrons. The highest BCUT2D eigenvalue weighted by molar-refractivity contribution is 7.47. The molecule has 50 heavy (non-hydrogen) atoms. The minimum atomic E-state index is -4.36. The summed E-state index contributed by atoms with van der Waals surface area (Å²) >= 11 is 0. The zero-order chi connectivity index (χ0) is 37.2. The summed E-state index contributed by atoms with van der Waals surface area (Å²) in [4.78, 5) is 35.2. The van der Waals surface area contributed by atoms with Crippen molar-refractivity contribution in [1.82, 2.24) is 0 Å². The number of ether oxygens (including phenoxy) is 2. The summed E-state index contributed by atoms with van der Waals surface area (Å²) in [6.07, 6.45) is 32.6. The van der Waals surface area contributed by atoms with Crippen LogP contribution in [0.1, 0.15) is 181 Å². The first-order valence-corrected chi connectivity index (χ1v) is 21.9. The fourth-order valence-corrected chi connectivity index (χ4v) is 6.28. The number of carbonyl (C=O) groups is 2. The highest BCUT2D eigenvalue weighted by atomic mass is 31.2. The zero-order valence-corrected chi connectivity index (χ0v) is 34.0. The van der Waals surface area contributed by atoms with Crippen molar-refractivity contribution < 1.29 is 42.1 Å². The van der Waals surface area contributed by atoms with Crippen LogP contribution in [-0.4, -0.2) is 74.9 Å². The lowest BCUT2D eigenvalue weighted by atomic mass is 10.1. The Labute approximate surface area is 307 Å². The molecular weight excluding hydrogens is 653 g/mol. The fraction of sp³-hybridized carbons (Fsp3) is 0.900. The molecule has 0 spiro atoms. The van der Waals surface area contributed by atoms with Gasteiger partial charge in [0, 0.05) is 12.8 Å². The highest BCUT2D eigenvalue weighted by Crippen LogP contribution is 2.43. The van der Waals surface area contributed by atoms with E-state index < -0.39 is 26.5 Å². The third-order valence-electron chi connectivity index (χ3n) is 8.80. The van der Waals surface area contributed by atoms with Gasteiger partial charge in [-0.25, -0.2) is 4.57 Å². The van der Waals surface area contributed by atoms with Crippen LogP contribution in [0.5, 0.6) is 0 Å². The van der Waals surface area contributed by atoms with Gasteiger partial charge in [-0.3, -0.25) is 18.6 Å². The number of carbonyl (C=O) groups excluding carboxylic acids is 2. The summed E-state index contributed by atoms with van der Waals surface area (Å²) in [7, 11) is 1.48. The first-order chi connectivity index (χ1) is 24.0. The van der Waals surface area contributed by atoms with Crippen molar-refractivity contribution in [2.75, 3.05) is 47.5 Å². The van der Waals surface area contributed by atoms with E-state index in [1.807, 2.05) is 21.1 Å². The molecule has 0 aliphatic heterocycles. The number of hydrogen-bond donors (Lipinski definition) is 1. The van der Waals surface area contributed by atoms with E-state index in [1.54, 1.807) is 0 Å². The van der Waals surface area contributed by atoms with Gasteiger partial charge >= 0.3 is 19.8 Å². The third-order valence-corrected chi connectivity index (χ3v) is 9.78. The van der Waals surface area contributed by atoms with Crippen molar-refractivity contribution in [3.63, 3.8) is 0 Å². The number of esters is 2. The number of likely N-dealkylation sites (N-methyl/N-ethyl adjacent to an activating group) is 1. The number of phosphoric acid groups is 1. The Morgan fingerprint density at radius 3 is 1.50 bits per heavy atom. The van der Waals surface area contributed by atoms with E-state index in [1.165, 1.54) is 103 Å². The molecule has 0 bridgehead atoms. The number of allylic oxidation sites excluding steroid dienone is 2. The molecule has 9 nitrogen and oxygen atoms in total. The Kier molecular flexibility index (Phi) is 32.7. The topological polar surface area (TPSA) is 108 Å². The number of phosphoric ester groups is 1. The first-order valence-electron chi connectivity index (χ1n) is 20.4. The predicted octanol–water partition coefficient (Wildman–Crippen LogP) is 11.0. The molecule has 0 aromatic carbocycles. The Bertz CT molecular complexity index is 876. The summed E-state index contributed by atoms with van der Waals surface area (Å²) in [6.45, 7) is 4.40. The quantitative estimate of drug-likeness (QED) is 0.0221. The van der Waals surface area contributed by atoms with Gasteiger partial charge in [0.2, 0.25) is 0 Å². The van der Waals surface area contributed by atoms with E-state index in [0.717, 1.165) is 44.9 Å². The number of quaternary nitrogens is 1. The van der Waals surface area contributed by atoms with Crippen molar-refractivity contribution in [2.24, 2.45) is 0 Å². The summed E-state index contributed by atoms with van der Waals surface area (Å²) in [6, 6.07) is 0. The SMILES string of the molecule is CCCCCCCCCC/C=C/CCCCCC(=O)OC[C@H](COP(=O)(O)OCC[N+](C)(C)C)OC(=O)CCCCCCCCCCCCC. The Balaban J connectivity index is 4.40. The zero-order valence-electron chi connectivity index (χ0n) is 33.1. The lowest BCUT2D eigenvalue weighted by molar-refractivity contribution is -0.870. The van der Waals surface area contributed by atoms with Gasteiger partial charge < -0.3 is 18.9 Å². The van der Waals surface area contributed by atoms with Gasteiger partial charge in [-0.15, -0.1) is 0 Å². The highest BCUT2D eigenvalue weighted by Gasteiger charge is 2.27. The Hall–Kier alpha value is -1.25. The molecule has 0 fully saturated rings. The predicted molar refractivity (Wildman–Crippen MR) is 206 cm³/mol. The van der Waals surface area contributed by atoms with Crippen LogP contribution >= 0.6 is 7.82 Å². The van der Waals surface area contributed by atoms with Gasteiger partial charge in [-0.05, 0) is 38.5 Å². The molecule has 0 rings (SSSR count). The minimum absolute atomic E-state index is 0.0324. The van der Waals surface area contributed by atoms with Crippen LogP contribution in [0.4, 0.5) is 0 Å². The third kappa shape index (κ3) is 36.5. The number of hydrogen-bond acceptors (Lipinski definition) is 7. The van der Waals surface area contributed by atoms with Gasteiger partial charge in [0.15, 0.2) is 6.10 Å². The van der Waals surface area contributed by atoms with E-state index in [2.05, 4.69) is 26.0 Å². The van der Waals surface area contributed by atoms with Crippen LogP contribution in [0.2, 0.25) is 0 Å². The van der Waals surface area contributed by atoms with Gasteiger partial charge in [0.25, 0.3) is 0 Å². The normalized spacial score (nSPS) is 13.8. The summed E-state index contributed by atoms with van der Waals surface area (Å²) in [5, 5.41) is 0. The van der Waals surface area contributed by atoms with Crippen molar-refractivity contribution in [1.29, 1.82) is 0 Å². The Morgan fingerprint density at radius 1 is 0.600 bits per heavy atom. The molecule has 0 radical (unpaired) electrons. The van der Waals surface area contributed by atoms with E-state index in [0.29, 0.717) is 17.4 Å². The summed E-state index contributed by atoms with van der Waals surface area (Å²) in [5.74, 6) is -0.812.